The van der Waals surface area contributed by atoms with Gasteiger partial charge in [0.05, 0.1) is 6.61 Å². The molecule has 1 aliphatic heterocycles. The second-order valence-electron chi connectivity index (χ2n) is 7.11. The molecule has 3 heteroatoms. The van der Waals surface area contributed by atoms with Crippen molar-refractivity contribution in [1.29, 1.82) is 0 Å². The van der Waals surface area contributed by atoms with Gasteiger partial charge in [-0.3, -0.25) is 4.90 Å². The van der Waals surface area contributed by atoms with E-state index < -0.39 is 0 Å². The van der Waals surface area contributed by atoms with Gasteiger partial charge in [0.1, 0.15) is 0 Å². The molecule has 0 amide bonds. The largest absolute Gasteiger partial charge is 0.395 e. The average molecular weight is 266 g/mol. The molecular weight excluding hydrogens is 236 g/mol. The second kappa shape index (κ2) is 6.55. The van der Waals surface area contributed by atoms with Crippen molar-refractivity contribution in [2.24, 2.45) is 11.8 Å². The van der Waals surface area contributed by atoms with Gasteiger partial charge in [0.15, 0.2) is 0 Å². The normalized spacial score (nSPS) is 33.9. The van der Waals surface area contributed by atoms with E-state index in [0.717, 1.165) is 31.0 Å². The summed E-state index contributed by atoms with van der Waals surface area (Å²) in [5, 5.41) is 13.1. The highest BCUT2D eigenvalue weighted by Gasteiger charge is 2.32. The summed E-state index contributed by atoms with van der Waals surface area (Å²) in [5.74, 6) is 1.90. The number of rotatable bonds is 6. The van der Waals surface area contributed by atoms with E-state index in [-0.39, 0.29) is 0 Å². The third-order valence-electron chi connectivity index (χ3n) is 5.22. The van der Waals surface area contributed by atoms with Crippen LogP contribution in [0.25, 0.3) is 0 Å². The van der Waals surface area contributed by atoms with Crippen molar-refractivity contribution in [2.75, 3.05) is 26.2 Å². The maximum absolute atomic E-state index is 9.21. The Morgan fingerprint density at radius 3 is 2.42 bits per heavy atom. The first kappa shape index (κ1) is 13.8. The van der Waals surface area contributed by atoms with Gasteiger partial charge in [-0.15, -0.1) is 0 Å². The molecule has 2 unspecified atom stereocenters. The summed E-state index contributed by atoms with van der Waals surface area (Å²) in [7, 11) is 0. The molecule has 2 N–H and O–H groups in total. The predicted octanol–water partition coefficient (Wildman–Crippen LogP) is 2.00. The van der Waals surface area contributed by atoms with Crippen molar-refractivity contribution in [3.8, 4) is 0 Å². The molecule has 110 valence electrons. The molecule has 0 aromatic heterocycles. The Hall–Kier alpha value is -0.120. The van der Waals surface area contributed by atoms with E-state index >= 15 is 0 Å². The van der Waals surface area contributed by atoms with Crippen LogP contribution in [-0.4, -0.2) is 48.3 Å². The first-order chi connectivity index (χ1) is 9.33. The van der Waals surface area contributed by atoms with E-state index in [1.54, 1.807) is 0 Å². The molecule has 1 saturated heterocycles. The number of aliphatic hydroxyl groups excluding tert-OH is 1. The minimum Gasteiger partial charge on any atom is -0.395 e. The smallest absolute Gasteiger partial charge is 0.0558 e. The van der Waals surface area contributed by atoms with Crippen molar-refractivity contribution < 1.29 is 5.11 Å². The van der Waals surface area contributed by atoms with Crippen molar-refractivity contribution in [1.82, 2.24) is 10.2 Å². The average Bonchev–Trinajstić information content (AvgIpc) is 3.04. The zero-order chi connectivity index (χ0) is 13.1. The van der Waals surface area contributed by atoms with Crippen LogP contribution in [0.5, 0.6) is 0 Å². The van der Waals surface area contributed by atoms with Gasteiger partial charge in [-0.2, -0.15) is 0 Å². The van der Waals surface area contributed by atoms with Crippen LogP contribution in [0.15, 0.2) is 0 Å². The highest BCUT2D eigenvalue weighted by atomic mass is 16.3. The molecule has 1 heterocycles. The summed E-state index contributed by atoms with van der Waals surface area (Å²) < 4.78 is 0. The number of likely N-dealkylation sites (tertiary alicyclic amines) is 1. The lowest BCUT2D eigenvalue weighted by atomic mass is 9.89. The SMILES string of the molecule is OCCN1CC(CC2CC2)CC(NC2CCCC2)C1. The Kier molecular flexibility index (Phi) is 4.78. The van der Waals surface area contributed by atoms with Crippen LogP contribution < -0.4 is 5.32 Å². The van der Waals surface area contributed by atoms with Gasteiger partial charge in [0.2, 0.25) is 0 Å². The Morgan fingerprint density at radius 1 is 0.947 bits per heavy atom. The second-order valence-corrected chi connectivity index (χ2v) is 7.11. The summed E-state index contributed by atoms with van der Waals surface area (Å²) in [5.41, 5.74) is 0. The number of nitrogens with zero attached hydrogens (tertiary/aromatic N) is 1. The zero-order valence-corrected chi connectivity index (χ0v) is 12.2. The van der Waals surface area contributed by atoms with Crippen molar-refractivity contribution in [3.05, 3.63) is 0 Å². The van der Waals surface area contributed by atoms with Crippen LogP contribution in [0, 0.1) is 11.8 Å². The third-order valence-corrected chi connectivity index (χ3v) is 5.22. The summed E-state index contributed by atoms with van der Waals surface area (Å²) in [6, 6.07) is 1.45. The maximum atomic E-state index is 9.21. The van der Waals surface area contributed by atoms with Gasteiger partial charge in [0, 0.05) is 31.7 Å². The van der Waals surface area contributed by atoms with Gasteiger partial charge in [-0.1, -0.05) is 25.7 Å². The van der Waals surface area contributed by atoms with Crippen molar-refractivity contribution in [2.45, 2.75) is 63.5 Å². The highest BCUT2D eigenvalue weighted by molar-refractivity contribution is 4.89. The lowest BCUT2D eigenvalue weighted by Gasteiger charge is -2.39. The number of aliphatic hydroxyl groups is 1. The molecule has 0 spiro atoms. The molecule has 2 atom stereocenters. The molecule has 2 aliphatic carbocycles. The number of hydrogen-bond acceptors (Lipinski definition) is 3. The Balaban J connectivity index is 1.51. The van der Waals surface area contributed by atoms with Crippen LogP contribution in [0.3, 0.4) is 0 Å². The summed E-state index contributed by atoms with van der Waals surface area (Å²) in [6.07, 6.45) is 11.3. The van der Waals surface area contributed by atoms with Crippen LogP contribution >= 0.6 is 0 Å². The fraction of sp³-hybridized carbons (Fsp3) is 1.00. The standard InChI is InChI=1S/C16H30N2O/c19-8-7-18-11-14(9-13-5-6-13)10-16(12-18)17-15-3-1-2-4-15/h13-17,19H,1-12H2. The van der Waals surface area contributed by atoms with E-state index in [1.165, 1.54) is 57.9 Å². The Labute approximate surface area is 117 Å². The first-order valence-electron chi connectivity index (χ1n) is 8.42. The van der Waals surface area contributed by atoms with Crippen molar-refractivity contribution in [3.63, 3.8) is 0 Å². The monoisotopic (exact) mass is 266 g/mol. The topological polar surface area (TPSA) is 35.5 Å². The maximum Gasteiger partial charge on any atom is 0.0558 e. The van der Waals surface area contributed by atoms with E-state index in [2.05, 4.69) is 10.2 Å². The quantitative estimate of drug-likeness (QED) is 0.772. The van der Waals surface area contributed by atoms with E-state index in [4.69, 9.17) is 0 Å². The third kappa shape index (κ3) is 4.17. The summed E-state index contributed by atoms with van der Waals surface area (Å²) in [4.78, 5) is 2.49. The number of nitrogens with one attached hydrogen (secondary N) is 1. The molecule has 0 aromatic carbocycles. The summed E-state index contributed by atoms with van der Waals surface area (Å²) >= 11 is 0. The highest BCUT2D eigenvalue weighted by Crippen LogP contribution is 2.38. The summed E-state index contributed by atoms with van der Waals surface area (Å²) in [6.45, 7) is 3.55. The molecule has 3 aliphatic rings. The number of β-amino-alcohol motifs (C(OH)–C–C–N with tert-alkyl or cyclic N) is 1. The van der Waals surface area contributed by atoms with Crippen LogP contribution in [0.1, 0.15) is 51.4 Å². The van der Waals surface area contributed by atoms with E-state index in [1.807, 2.05) is 0 Å². The Bertz CT molecular complexity index is 274. The molecular formula is C16H30N2O. The molecule has 3 fully saturated rings. The molecule has 0 aromatic rings. The van der Waals surface area contributed by atoms with Gasteiger partial charge >= 0.3 is 0 Å². The van der Waals surface area contributed by atoms with Crippen LogP contribution in [-0.2, 0) is 0 Å². The van der Waals surface area contributed by atoms with Crippen LogP contribution in [0.4, 0.5) is 0 Å². The lowest BCUT2D eigenvalue weighted by molar-refractivity contribution is 0.106. The van der Waals surface area contributed by atoms with Gasteiger partial charge in [-0.25, -0.2) is 0 Å². The first-order valence-corrected chi connectivity index (χ1v) is 8.42. The van der Waals surface area contributed by atoms with Gasteiger partial charge in [-0.05, 0) is 37.5 Å². The van der Waals surface area contributed by atoms with E-state index in [0.29, 0.717) is 12.6 Å². The van der Waals surface area contributed by atoms with E-state index in [9.17, 15) is 5.11 Å². The van der Waals surface area contributed by atoms with Gasteiger partial charge in [0.25, 0.3) is 0 Å². The molecule has 3 nitrogen and oxygen atoms in total. The minimum atomic E-state index is 0.312. The molecule has 2 saturated carbocycles. The molecule has 19 heavy (non-hydrogen) atoms. The zero-order valence-electron chi connectivity index (χ0n) is 12.2. The van der Waals surface area contributed by atoms with Gasteiger partial charge < -0.3 is 10.4 Å². The number of piperidine rings is 1. The predicted molar refractivity (Wildman–Crippen MR) is 78.2 cm³/mol. The van der Waals surface area contributed by atoms with Crippen molar-refractivity contribution >= 4 is 0 Å². The fourth-order valence-electron chi connectivity index (χ4n) is 4.17. The molecule has 3 rings (SSSR count). The molecule has 0 bridgehead atoms. The fourth-order valence-corrected chi connectivity index (χ4v) is 4.17. The number of hydrogen-bond donors (Lipinski definition) is 2. The van der Waals surface area contributed by atoms with Crippen LogP contribution in [0.2, 0.25) is 0 Å². The minimum absolute atomic E-state index is 0.312. The Morgan fingerprint density at radius 2 is 1.74 bits per heavy atom. The lowest BCUT2D eigenvalue weighted by Crippen LogP contribution is -2.52. The molecule has 0 radical (unpaired) electrons.